The summed E-state index contributed by atoms with van der Waals surface area (Å²) in [6, 6.07) is 15.3. The lowest BCUT2D eigenvalue weighted by atomic mass is 10.1. The number of hydrogen-bond donors (Lipinski definition) is 2. The van der Waals surface area contributed by atoms with Gasteiger partial charge in [0.1, 0.15) is 5.75 Å². The van der Waals surface area contributed by atoms with E-state index in [-0.39, 0.29) is 5.91 Å². The Morgan fingerprint density at radius 2 is 2.00 bits per heavy atom. The van der Waals surface area contributed by atoms with Gasteiger partial charge in [-0.05, 0) is 42.7 Å². The monoisotopic (exact) mass is 298 g/mol. The van der Waals surface area contributed by atoms with Crippen LogP contribution in [0, 0.1) is 0 Å². The molecule has 2 rings (SSSR count). The van der Waals surface area contributed by atoms with Crippen LogP contribution >= 0.6 is 0 Å². The number of carbonyl (C=O) groups is 1. The van der Waals surface area contributed by atoms with Crippen molar-refractivity contribution in [2.75, 3.05) is 5.32 Å². The molecule has 0 spiro atoms. The van der Waals surface area contributed by atoms with Crippen molar-refractivity contribution in [1.82, 2.24) is 0 Å². The SMILES string of the molecule is CCc1cccc(OC(C)C(=O)Nc2ccccc2CN)c1. The van der Waals surface area contributed by atoms with Crippen LogP contribution in [0.1, 0.15) is 25.0 Å². The molecule has 0 bridgehead atoms. The molecule has 1 atom stereocenters. The number of amides is 1. The number of benzene rings is 2. The second kappa shape index (κ2) is 7.61. The molecule has 2 aromatic rings. The molecule has 0 aliphatic carbocycles. The molecule has 0 saturated heterocycles. The van der Waals surface area contributed by atoms with Gasteiger partial charge < -0.3 is 15.8 Å². The molecule has 0 saturated carbocycles. The Hall–Kier alpha value is -2.33. The summed E-state index contributed by atoms with van der Waals surface area (Å²) in [5.74, 6) is 0.511. The molecule has 0 aromatic heterocycles. The highest BCUT2D eigenvalue weighted by molar-refractivity contribution is 5.94. The molecule has 116 valence electrons. The van der Waals surface area contributed by atoms with E-state index in [0.29, 0.717) is 12.3 Å². The van der Waals surface area contributed by atoms with Crippen LogP contribution in [0.3, 0.4) is 0 Å². The Morgan fingerprint density at radius 3 is 2.73 bits per heavy atom. The van der Waals surface area contributed by atoms with Crippen molar-refractivity contribution < 1.29 is 9.53 Å². The van der Waals surface area contributed by atoms with Crippen LogP contribution in [-0.2, 0) is 17.8 Å². The summed E-state index contributed by atoms with van der Waals surface area (Å²) in [6.07, 6.45) is 0.347. The third kappa shape index (κ3) is 4.09. The van der Waals surface area contributed by atoms with Crippen molar-refractivity contribution >= 4 is 11.6 Å². The lowest BCUT2D eigenvalue weighted by Crippen LogP contribution is -2.30. The van der Waals surface area contributed by atoms with Gasteiger partial charge in [0.25, 0.3) is 5.91 Å². The first-order valence-corrected chi connectivity index (χ1v) is 7.48. The van der Waals surface area contributed by atoms with Gasteiger partial charge in [-0.25, -0.2) is 0 Å². The van der Waals surface area contributed by atoms with E-state index in [1.54, 1.807) is 6.92 Å². The summed E-state index contributed by atoms with van der Waals surface area (Å²) < 4.78 is 5.72. The van der Waals surface area contributed by atoms with E-state index < -0.39 is 6.10 Å². The fourth-order valence-electron chi connectivity index (χ4n) is 2.15. The van der Waals surface area contributed by atoms with Gasteiger partial charge in [-0.1, -0.05) is 37.3 Å². The number of para-hydroxylation sites is 1. The largest absolute Gasteiger partial charge is 0.481 e. The highest BCUT2D eigenvalue weighted by Gasteiger charge is 2.16. The van der Waals surface area contributed by atoms with Gasteiger partial charge >= 0.3 is 0 Å². The smallest absolute Gasteiger partial charge is 0.265 e. The zero-order chi connectivity index (χ0) is 15.9. The van der Waals surface area contributed by atoms with Gasteiger partial charge in [-0.3, -0.25) is 4.79 Å². The zero-order valence-electron chi connectivity index (χ0n) is 13.0. The van der Waals surface area contributed by atoms with E-state index in [9.17, 15) is 4.79 Å². The number of aryl methyl sites for hydroxylation is 1. The normalized spacial score (nSPS) is 11.8. The fraction of sp³-hybridized carbons (Fsp3) is 0.278. The molecule has 22 heavy (non-hydrogen) atoms. The molecule has 0 radical (unpaired) electrons. The van der Waals surface area contributed by atoms with Crippen molar-refractivity contribution in [3.05, 3.63) is 59.7 Å². The minimum atomic E-state index is -0.585. The number of anilines is 1. The van der Waals surface area contributed by atoms with Crippen LogP contribution in [0.2, 0.25) is 0 Å². The minimum absolute atomic E-state index is 0.192. The number of nitrogens with one attached hydrogen (secondary N) is 1. The summed E-state index contributed by atoms with van der Waals surface area (Å²) in [6.45, 7) is 4.20. The molecule has 0 aliphatic rings. The van der Waals surface area contributed by atoms with Crippen molar-refractivity contribution in [2.24, 2.45) is 5.73 Å². The molecule has 0 aliphatic heterocycles. The predicted octanol–water partition coefficient (Wildman–Crippen LogP) is 3.11. The Labute approximate surface area is 131 Å². The van der Waals surface area contributed by atoms with E-state index >= 15 is 0 Å². The average Bonchev–Trinajstić information content (AvgIpc) is 2.55. The van der Waals surface area contributed by atoms with Crippen molar-refractivity contribution in [1.29, 1.82) is 0 Å². The van der Waals surface area contributed by atoms with Crippen molar-refractivity contribution in [3.63, 3.8) is 0 Å². The number of hydrogen-bond acceptors (Lipinski definition) is 3. The van der Waals surface area contributed by atoms with Gasteiger partial charge in [0, 0.05) is 12.2 Å². The highest BCUT2D eigenvalue weighted by atomic mass is 16.5. The van der Waals surface area contributed by atoms with E-state index in [0.717, 1.165) is 17.7 Å². The lowest BCUT2D eigenvalue weighted by Gasteiger charge is -2.16. The number of rotatable bonds is 6. The molecule has 2 aromatic carbocycles. The maximum atomic E-state index is 12.3. The molecule has 0 heterocycles. The van der Waals surface area contributed by atoms with Crippen LogP contribution in [0.5, 0.6) is 5.75 Å². The topological polar surface area (TPSA) is 64.3 Å². The first-order valence-electron chi connectivity index (χ1n) is 7.48. The Bertz CT molecular complexity index is 640. The highest BCUT2D eigenvalue weighted by Crippen LogP contribution is 2.17. The quantitative estimate of drug-likeness (QED) is 0.861. The van der Waals surface area contributed by atoms with Gasteiger partial charge in [-0.15, -0.1) is 0 Å². The van der Waals surface area contributed by atoms with Gasteiger partial charge in [0.2, 0.25) is 0 Å². The molecular formula is C18H22N2O2. The first-order chi connectivity index (χ1) is 10.6. The Kier molecular flexibility index (Phi) is 5.55. The third-order valence-electron chi connectivity index (χ3n) is 3.48. The van der Waals surface area contributed by atoms with Gasteiger partial charge in [0.15, 0.2) is 6.10 Å². The van der Waals surface area contributed by atoms with Crippen LogP contribution < -0.4 is 15.8 Å². The lowest BCUT2D eigenvalue weighted by molar-refractivity contribution is -0.122. The van der Waals surface area contributed by atoms with E-state index in [1.807, 2.05) is 48.5 Å². The molecule has 1 amide bonds. The molecule has 4 nitrogen and oxygen atoms in total. The van der Waals surface area contributed by atoms with Crippen LogP contribution in [0.15, 0.2) is 48.5 Å². The molecule has 0 fully saturated rings. The Balaban J connectivity index is 2.02. The number of ether oxygens (including phenoxy) is 1. The van der Waals surface area contributed by atoms with Crippen LogP contribution in [0.25, 0.3) is 0 Å². The van der Waals surface area contributed by atoms with Gasteiger partial charge in [-0.2, -0.15) is 0 Å². The fourth-order valence-corrected chi connectivity index (χ4v) is 2.15. The molecule has 3 N–H and O–H groups in total. The van der Waals surface area contributed by atoms with Crippen molar-refractivity contribution in [2.45, 2.75) is 32.9 Å². The maximum Gasteiger partial charge on any atom is 0.265 e. The summed E-state index contributed by atoms with van der Waals surface area (Å²) in [7, 11) is 0. The molecule has 1 unspecified atom stereocenters. The third-order valence-corrected chi connectivity index (χ3v) is 3.48. The van der Waals surface area contributed by atoms with Crippen LogP contribution in [-0.4, -0.2) is 12.0 Å². The van der Waals surface area contributed by atoms with Crippen molar-refractivity contribution in [3.8, 4) is 5.75 Å². The number of nitrogens with two attached hydrogens (primary N) is 1. The second-order valence-corrected chi connectivity index (χ2v) is 5.11. The first kappa shape index (κ1) is 16.0. The van der Waals surface area contributed by atoms with Crippen LogP contribution in [0.4, 0.5) is 5.69 Å². The molecule has 4 heteroatoms. The van der Waals surface area contributed by atoms with E-state index in [1.165, 1.54) is 5.56 Å². The summed E-state index contributed by atoms with van der Waals surface area (Å²) in [4.78, 5) is 12.3. The average molecular weight is 298 g/mol. The van der Waals surface area contributed by atoms with E-state index in [2.05, 4.69) is 12.2 Å². The second-order valence-electron chi connectivity index (χ2n) is 5.11. The summed E-state index contributed by atoms with van der Waals surface area (Å²) >= 11 is 0. The van der Waals surface area contributed by atoms with E-state index in [4.69, 9.17) is 10.5 Å². The van der Waals surface area contributed by atoms with Gasteiger partial charge in [0.05, 0.1) is 0 Å². The maximum absolute atomic E-state index is 12.3. The standard InChI is InChI=1S/C18H22N2O2/c1-3-14-7-6-9-16(11-14)22-13(2)18(21)20-17-10-5-4-8-15(17)12-19/h4-11,13H,3,12,19H2,1-2H3,(H,20,21). The summed E-state index contributed by atoms with van der Waals surface area (Å²) in [5.41, 5.74) is 8.48. The summed E-state index contributed by atoms with van der Waals surface area (Å²) in [5, 5.41) is 2.87. The minimum Gasteiger partial charge on any atom is -0.481 e. The zero-order valence-corrected chi connectivity index (χ0v) is 13.0. The Morgan fingerprint density at radius 1 is 1.23 bits per heavy atom. The predicted molar refractivity (Wildman–Crippen MR) is 88.9 cm³/mol. The molecular weight excluding hydrogens is 276 g/mol. The number of carbonyl (C=O) groups excluding carboxylic acids is 1.